The van der Waals surface area contributed by atoms with E-state index in [4.69, 9.17) is 5.11 Å². The van der Waals surface area contributed by atoms with Crippen molar-refractivity contribution in [2.45, 2.75) is 32.3 Å². The normalized spacial score (nSPS) is 14.8. The van der Waals surface area contributed by atoms with E-state index in [0.717, 1.165) is 23.7 Å². The summed E-state index contributed by atoms with van der Waals surface area (Å²) in [5.74, 6) is 0.265. The number of nitrogens with zero attached hydrogens (tertiary/aromatic N) is 3. The Morgan fingerprint density at radius 2 is 2.00 bits per heavy atom. The minimum absolute atomic E-state index is 0.265. The molecule has 2 heterocycles. The first kappa shape index (κ1) is 11.6. The zero-order valence-corrected chi connectivity index (χ0v) is 10.9. The average Bonchev–Trinajstić information content (AvgIpc) is 2.91. The van der Waals surface area contributed by atoms with Crippen LogP contribution in [-0.4, -0.2) is 24.7 Å². The van der Waals surface area contributed by atoms with Crippen molar-refractivity contribution < 1.29 is 5.11 Å². The van der Waals surface area contributed by atoms with E-state index in [0.29, 0.717) is 5.65 Å². The largest absolute Gasteiger partial charge is 0.388 e. The predicted molar refractivity (Wildman–Crippen MR) is 73.7 cm³/mol. The van der Waals surface area contributed by atoms with E-state index in [9.17, 15) is 4.79 Å². The van der Waals surface area contributed by atoms with Crippen LogP contribution in [0.25, 0.3) is 16.6 Å². The number of H-pyrrole nitrogens is 1. The van der Waals surface area contributed by atoms with Crippen molar-refractivity contribution in [3.8, 4) is 0 Å². The number of aliphatic hydroxyl groups excluding tert-OH is 1. The molecular weight excluding hydrogens is 256 g/mol. The minimum Gasteiger partial charge on any atom is -0.388 e. The van der Waals surface area contributed by atoms with Gasteiger partial charge >= 0.3 is 5.69 Å². The third kappa shape index (κ3) is 1.58. The van der Waals surface area contributed by atoms with E-state index < -0.39 is 0 Å². The minimum atomic E-state index is -0.324. The molecule has 0 unspecified atom stereocenters. The van der Waals surface area contributed by atoms with Crippen LogP contribution in [0.1, 0.15) is 29.8 Å². The maximum absolute atomic E-state index is 12.0. The Labute approximate surface area is 114 Å². The molecule has 0 radical (unpaired) electrons. The summed E-state index contributed by atoms with van der Waals surface area (Å²) < 4.78 is 1.23. The Morgan fingerprint density at radius 3 is 2.75 bits per heavy atom. The molecule has 0 aliphatic heterocycles. The van der Waals surface area contributed by atoms with Crippen LogP contribution >= 0.6 is 0 Å². The van der Waals surface area contributed by atoms with Gasteiger partial charge in [-0.1, -0.05) is 0 Å². The molecule has 6 nitrogen and oxygen atoms in total. The van der Waals surface area contributed by atoms with Crippen LogP contribution in [0.3, 0.4) is 0 Å². The highest BCUT2D eigenvalue weighted by Gasteiger charge is 2.15. The van der Waals surface area contributed by atoms with Crippen LogP contribution in [0.2, 0.25) is 0 Å². The number of benzene rings is 1. The van der Waals surface area contributed by atoms with Crippen molar-refractivity contribution in [3.05, 3.63) is 39.6 Å². The predicted octanol–water partition coefficient (Wildman–Crippen LogP) is 0.942. The molecule has 2 aromatic heterocycles. The van der Waals surface area contributed by atoms with Crippen molar-refractivity contribution in [2.75, 3.05) is 0 Å². The fourth-order valence-corrected chi connectivity index (χ4v) is 2.98. The first-order chi connectivity index (χ1) is 9.76. The number of nitrogens with one attached hydrogen (secondary N) is 1. The second kappa shape index (κ2) is 4.14. The molecule has 6 heteroatoms. The molecule has 4 rings (SSSR count). The quantitative estimate of drug-likeness (QED) is 0.689. The van der Waals surface area contributed by atoms with Gasteiger partial charge in [0.25, 0.3) is 0 Å². The highest BCUT2D eigenvalue weighted by Crippen LogP contribution is 2.26. The molecule has 0 bridgehead atoms. The molecule has 0 fully saturated rings. The summed E-state index contributed by atoms with van der Waals surface area (Å²) in [6, 6.07) is 4.16. The summed E-state index contributed by atoms with van der Waals surface area (Å²) in [6.07, 6.45) is 4.53. The molecule has 0 saturated carbocycles. The van der Waals surface area contributed by atoms with Gasteiger partial charge in [0.15, 0.2) is 11.5 Å². The van der Waals surface area contributed by atoms with Gasteiger partial charge < -0.3 is 10.1 Å². The molecule has 2 N–H and O–H groups in total. The van der Waals surface area contributed by atoms with Gasteiger partial charge in [-0.25, -0.2) is 9.78 Å². The number of hydrogen-bond acceptors (Lipinski definition) is 4. The highest BCUT2D eigenvalue weighted by molar-refractivity contribution is 5.92. The van der Waals surface area contributed by atoms with Crippen molar-refractivity contribution in [1.82, 2.24) is 19.6 Å². The Hall–Kier alpha value is -2.21. The first-order valence-corrected chi connectivity index (χ1v) is 6.80. The number of aryl methyl sites for hydroxylation is 2. The molecule has 0 atom stereocenters. The molecule has 0 amide bonds. The number of aliphatic hydroxyl groups is 1. The van der Waals surface area contributed by atoms with Gasteiger partial charge in [-0.05, 0) is 48.9 Å². The Morgan fingerprint density at radius 1 is 1.25 bits per heavy atom. The number of aromatic nitrogens is 4. The van der Waals surface area contributed by atoms with Gasteiger partial charge in [0.1, 0.15) is 6.61 Å². The third-order valence-electron chi connectivity index (χ3n) is 3.95. The van der Waals surface area contributed by atoms with Crippen molar-refractivity contribution in [3.63, 3.8) is 0 Å². The lowest BCUT2D eigenvalue weighted by Gasteiger charge is -2.16. The lowest BCUT2D eigenvalue weighted by Crippen LogP contribution is -2.18. The summed E-state index contributed by atoms with van der Waals surface area (Å²) in [4.78, 5) is 19.1. The molecule has 0 saturated heterocycles. The summed E-state index contributed by atoms with van der Waals surface area (Å²) >= 11 is 0. The molecule has 20 heavy (non-hydrogen) atoms. The highest BCUT2D eigenvalue weighted by atomic mass is 16.3. The number of fused-ring (bicyclic) bond motifs is 4. The molecule has 1 aliphatic rings. The lowest BCUT2D eigenvalue weighted by molar-refractivity contribution is 0.271. The van der Waals surface area contributed by atoms with Crippen LogP contribution in [-0.2, 0) is 19.4 Å². The van der Waals surface area contributed by atoms with Crippen LogP contribution in [0.4, 0.5) is 0 Å². The standard InChI is InChI=1S/C14H14N4O2/c19-7-12-16-13-10-5-8-3-1-2-4-9(8)6-11(10)15-14(20)18(13)17-12/h5-6,19H,1-4,7H2,(H,15,20). The topological polar surface area (TPSA) is 83.3 Å². The van der Waals surface area contributed by atoms with Crippen LogP contribution in [0.5, 0.6) is 0 Å². The van der Waals surface area contributed by atoms with Crippen LogP contribution in [0, 0.1) is 0 Å². The van der Waals surface area contributed by atoms with Crippen molar-refractivity contribution in [2.24, 2.45) is 0 Å². The van der Waals surface area contributed by atoms with Crippen LogP contribution in [0.15, 0.2) is 16.9 Å². The summed E-state index contributed by atoms with van der Waals surface area (Å²) in [5.41, 5.74) is 3.62. The van der Waals surface area contributed by atoms with Gasteiger partial charge in [-0.2, -0.15) is 4.52 Å². The van der Waals surface area contributed by atoms with E-state index in [1.165, 1.54) is 28.5 Å². The van der Waals surface area contributed by atoms with Gasteiger partial charge in [0, 0.05) is 5.39 Å². The number of rotatable bonds is 1. The Kier molecular flexibility index (Phi) is 2.40. The third-order valence-corrected chi connectivity index (χ3v) is 3.95. The number of aromatic amines is 1. The monoisotopic (exact) mass is 270 g/mol. The van der Waals surface area contributed by atoms with E-state index >= 15 is 0 Å². The smallest absolute Gasteiger partial charge is 0.348 e. The second-order valence-electron chi connectivity index (χ2n) is 5.23. The second-order valence-corrected chi connectivity index (χ2v) is 5.23. The molecule has 102 valence electrons. The van der Waals surface area contributed by atoms with E-state index in [-0.39, 0.29) is 18.1 Å². The maximum atomic E-state index is 12.0. The fourth-order valence-electron chi connectivity index (χ4n) is 2.98. The SMILES string of the molecule is O=c1[nH]c2cc3c(cc2c2nc(CO)nn12)CCCC3. The molecule has 0 spiro atoms. The van der Waals surface area contributed by atoms with E-state index in [1.807, 2.05) is 0 Å². The van der Waals surface area contributed by atoms with Crippen LogP contribution < -0.4 is 5.69 Å². The van der Waals surface area contributed by atoms with Gasteiger partial charge in [-0.15, -0.1) is 5.10 Å². The van der Waals surface area contributed by atoms with Crippen molar-refractivity contribution >= 4 is 16.6 Å². The lowest BCUT2D eigenvalue weighted by atomic mass is 9.90. The van der Waals surface area contributed by atoms with E-state index in [2.05, 4.69) is 27.2 Å². The number of hydrogen-bond donors (Lipinski definition) is 2. The Balaban J connectivity index is 2.12. The molecule has 3 aromatic rings. The first-order valence-electron chi connectivity index (χ1n) is 6.80. The molecule has 1 aliphatic carbocycles. The fraction of sp³-hybridized carbons (Fsp3) is 0.357. The van der Waals surface area contributed by atoms with E-state index in [1.54, 1.807) is 0 Å². The van der Waals surface area contributed by atoms with Crippen molar-refractivity contribution in [1.29, 1.82) is 0 Å². The van der Waals surface area contributed by atoms with Gasteiger partial charge in [-0.3, -0.25) is 0 Å². The molecular formula is C14H14N4O2. The Bertz CT molecular complexity index is 878. The zero-order chi connectivity index (χ0) is 13.7. The zero-order valence-electron chi connectivity index (χ0n) is 10.9. The summed E-state index contributed by atoms with van der Waals surface area (Å²) in [6.45, 7) is -0.270. The summed E-state index contributed by atoms with van der Waals surface area (Å²) in [5, 5.41) is 14.0. The average molecular weight is 270 g/mol. The molecule has 1 aromatic carbocycles. The van der Waals surface area contributed by atoms with Gasteiger partial charge in [0.05, 0.1) is 5.52 Å². The summed E-state index contributed by atoms with van der Waals surface area (Å²) in [7, 11) is 0. The maximum Gasteiger partial charge on any atom is 0.348 e. The van der Waals surface area contributed by atoms with Gasteiger partial charge in [0.2, 0.25) is 0 Å².